The molecule has 18 heavy (non-hydrogen) atoms. The van der Waals surface area contributed by atoms with Crippen LogP contribution in [0.25, 0.3) is 0 Å². The lowest BCUT2D eigenvalue weighted by atomic mass is 9.82. The summed E-state index contributed by atoms with van der Waals surface area (Å²) in [5.41, 5.74) is 1.73. The molecule has 0 radical (unpaired) electrons. The number of thiazole rings is 1. The van der Waals surface area contributed by atoms with Crippen molar-refractivity contribution in [2.75, 3.05) is 13.1 Å². The second-order valence-electron chi connectivity index (χ2n) is 4.67. The summed E-state index contributed by atoms with van der Waals surface area (Å²) in [6, 6.07) is 0. The summed E-state index contributed by atoms with van der Waals surface area (Å²) in [5, 5.41) is 10.7. The molecule has 0 fully saturated rings. The van der Waals surface area contributed by atoms with Crippen molar-refractivity contribution in [2.24, 2.45) is 0 Å². The summed E-state index contributed by atoms with van der Waals surface area (Å²) < 4.78 is 0. The quantitative estimate of drug-likeness (QED) is 0.789. The maximum Gasteiger partial charge on any atom is 0.0794 e. The van der Waals surface area contributed by atoms with Crippen molar-refractivity contribution in [3.8, 4) is 0 Å². The van der Waals surface area contributed by atoms with Gasteiger partial charge in [0, 0.05) is 23.0 Å². The number of aliphatic hydroxyl groups is 1. The lowest BCUT2D eigenvalue weighted by molar-refractivity contribution is -0.0337. The Morgan fingerprint density at radius 3 is 2.28 bits per heavy atom. The maximum atomic E-state index is 10.7. The molecule has 0 aliphatic rings. The van der Waals surface area contributed by atoms with Crippen LogP contribution in [-0.2, 0) is 6.42 Å². The third kappa shape index (κ3) is 3.11. The van der Waals surface area contributed by atoms with Crippen LogP contribution in [0.5, 0.6) is 0 Å². The fourth-order valence-electron chi connectivity index (χ4n) is 2.96. The Bertz CT molecular complexity index is 319. The molecule has 0 bridgehead atoms. The van der Waals surface area contributed by atoms with Crippen LogP contribution in [-0.4, -0.2) is 39.7 Å². The number of aliphatic hydroxyl groups excluding tert-OH is 1. The molecule has 3 nitrogen and oxygen atoms in total. The molecule has 0 aliphatic heterocycles. The minimum atomic E-state index is -0.326. The van der Waals surface area contributed by atoms with Crippen molar-refractivity contribution in [3.05, 3.63) is 16.6 Å². The average Bonchev–Trinajstić information content (AvgIpc) is 2.88. The lowest BCUT2D eigenvalue weighted by Gasteiger charge is -2.45. The Hall–Kier alpha value is -0.450. The Morgan fingerprint density at radius 2 is 1.89 bits per heavy atom. The molecule has 1 unspecified atom stereocenters. The number of nitrogens with zero attached hydrogens (tertiary/aromatic N) is 2. The zero-order valence-electron chi connectivity index (χ0n) is 12.0. The second kappa shape index (κ2) is 7.22. The molecule has 0 saturated heterocycles. The van der Waals surface area contributed by atoms with E-state index in [0.717, 1.165) is 25.9 Å². The van der Waals surface area contributed by atoms with E-state index >= 15 is 0 Å². The minimum absolute atomic E-state index is 0.104. The van der Waals surface area contributed by atoms with Crippen molar-refractivity contribution in [1.82, 2.24) is 9.88 Å². The summed E-state index contributed by atoms with van der Waals surface area (Å²) in [6.07, 6.45) is 4.21. The van der Waals surface area contributed by atoms with Gasteiger partial charge < -0.3 is 5.11 Å². The Kier molecular flexibility index (Phi) is 6.26. The molecule has 0 aromatic carbocycles. The summed E-state index contributed by atoms with van der Waals surface area (Å²) in [4.78, 5) is 7.66. The van der Waals surface area contributed by atoms with Crippen LogP contribution in [0.1, 0.15) is 45.4 Å². The van der Waals surface area contributed by atoms with Gasteiger partial charge in [0.1, 0.15) is 0 Å². The highest BCUT2D eigenvalue weighted by Gasteiger charge is 2.38. The van der Waals surface area contributed by atoms with Crippen molar-refractivity contribution in [2.45, 2.75) is 58.6 Å². The van der Waals surface area contributed by atoms with Crippen molar-refractivity contribution in [3.63, 3.8) is 0 Å². The molecule has 104 valence electrons. The second-order valence-corrected chi connectivity index (χ2v) is 5.64. The van der Waals surface area contributed by atoms with Gasteiger partial charge in [-0.3, -0.25) is 9.88 Å². The normalized spacial score (nSPS) is 14.1. The van der Waals surface area contributed by atoms with Crippen molar-refractivity contribution in [1.29, 1.82) is 0 Å². The number of aromatic nitrogens is 1. The number of hydrogen-bond acceptors (Lipinski definition) is 4. The smallest absolute Gasteiger partial charge is 0.0794 e. The Morgan fingerprint density at radius 1 is 1.28 bits per heavy atom. The SMILES string of the molecule is CCN(CC)C(CC)(CC)C(O)Cc1cncs1. The number of rotatable bonds is 8. The predicted molar refractivity (Wildman–Crippen MR) is 78.1 cm³/mol. The van der Waals surface area contributed by atoms with Crippen LogP contribution in [0.4, 0.5) is 0 Å². The predicted octanol–water partition coefficient (Wildman–Crippen LogP) is 2.95. The largest absolute Gasteiger partial charge is 0.391 e. The lowest BCUT2D eigenvalue weighted by Crippen LogP contribution is -2.56. The van der Waals surface area contributed by atoms with Crippen molar-refractivity contribution < 1.29 is 5.11 Å². The monoisotopic (exact) mass is 270 g/mol. The van der Waals surface area contributed by atoms with Gasteiger partial charge in [-0.05, 0) is 25.9 Å². The van der Waals surface area contributed by atoms with E-state index in [2.05, 4.69) is 37.6 Å². The van der Waals surface area contributed by atoms with Gasteiger partial charge in [-0.25, -0.2) is 0 Å². The van der Waals surface area contributed by atoms with Gasteiger partial charge in [0.05, 0.1) is 11.6 Å². The summed E-state index contributed by atoms with van der Waals surface area (Å²) in [5.74, 6) is 0. The molecular formula is C14H26N2OS. The minimum Gasteiger partial charge on any atom is -0.391 e. The van der Waals surface area contributed by atoms with Crippen LogP contribution in [0.15, 0.2) is 11.7 Å². The van der Waals surface area contributed by atoms with Gasteiger partial charge in [0.15, 0.2) is 0 Å². The van der Waals surface area contributed by atoms with Gasteiger partial charge in [-0.1, -0.05) is 27.7 Å². The van der Waals surface area contributed by atoms with E-state index < -0.39 is 0 Å². The molecule has 4 heteroatoms. The van der Waals surface area contributed by atoms with Crippen LogP contribution in [0, 0.1) is 0 Å². The molecule has 0 spiro atoms. The van der Waals surface area contributed by atoms with Crippen LogP contribution in [0.3, 0.4) is 0 Å². The average molecular weight is 270 g/mol. The highest BCUT2D eigenvalue weighted by Crippen LogP contribution is 2.30. The highest BCUT2D eigenvalue weighted by molar-refractivity contribution is 7.09. The molecule has 0 amide bonds. The first-order valence-electron chi connectivity index (χ1n) is 6.95. The van der Waals surface area contributed by atoms with E-state index in [1.54, 1.807) is 11.3 Å². The third-order valence-corrected chi connectivity index (χ3v) is 4.92. The topological polar surface area (TPSA) is 36.4 Å². The zero-order valence-corrected chi connectivity index (χ0v) is 12.8. The molecule has 1 aromatic heterocycles. The summed E-state index contributed by atoms with van der Waals surface area (Å²) in [6.45, 7) is 10.7. The number of likely N-dealkylation sites (N-methyl/N-ethyl adjacent to an activating group) is 1. The first-order chi connectivity index (χ1) is 8.64. The van der Waals surface area contributed by atoms with Crippen LogP contribution < -0.4 is 0 Å². The molecule has 1 N–H and O–H groups in total. The Balaban J connectivity index is 2.88. The highest BCUT2D eigenvalue weighted by atomic mass is 32.1. The van der Waals surface area contributed by atoms with Gasteiger partial charge in [-0.2, -0.15) is 0 Å². The van der Waals surface area contributed by atoms with E-state index in [1.165, 1.54) is 4.88 Å². The molecule has 0 aliphatic carbocycles. The van der Waals surface area contributed by atoms with Gasteiger partial charge >= 0.3 is 0 Å². The summed E-state index contributed by atoms with van der Waals surface area (Å²) in [7, 11) is 0. The van der Waals surface area contributed by atoms with Gasteiger partial charge in [0.2, 0.25) is 0 Å². The molecule has 1 rings (SSSR count). The van der Waals surface area contributed by atoms with Gasteiger partial charge in [-0.15, -0.1) is 11.3 Å². The van der Waals surface area contributed by atoms with E-state index in [9.17, 15) is 5.11 Å². The first kappa shape index (κ1) is 15.6. The standard InChI is InChI=1S/C14H26N2OS/c1-5-14(6-2,16(7-3)8-4)13(17)9-12-10-15-11-18-12/h10-11,13,17H,5-9H2,1-4H3. The van der Waals surface area contributed by atoms with E-state index in [1.807, 2.05) is 11.7 Å². The van der Waals surface area contributed by atoms with E-state index in [4.69, 9.17) is 0 Å². The third-order valence-electron chi connectivity index (χ3n) is 4.12. The van der Waals surface area contributed by atoms with Crippen molar-refractivity contribution >= 4 is 11.3 Å². The van der Waals surface area contributed by atoms with E-state index in [-0.39, 0.29) is 11.6 Å². The molecule has 1 aromatic rings. The fraction of sp³-hybridized carbons (Fsp3) is 0.786. The summed E-state index contributed by atoms with van der Waals surface area (Å²) >= 11 is 1.63. The molecular weight excluding hydrogens is 244 g/mol. The molecule has 1 atom stereocenters. The maximum absolute atomic E-state index is 10.7. The molecule has 1 heterocycles. The van der Waals surface area contributed by atoms with Crippen LogP contribution in [0.2, 0.25) is 0 Å². The van der Waals surface area contributed by atoms with Crippen LogP contribution >= 0.6 is 11.3 Å². The zero-order chi connectivity index (χ0) is 13.6. The molecule has 0 saturated carbocycles. The fourth-order valence-corrected chi connectivity index (χ4v) is 3.59. The first-order valence-corrected chi connectivity index (χ1v) is 7.82. The van der Waals surface area contributed by atoms with E-state index in [0.29, 0.717) is 6.42 Å². The number of hydrogen-bond donors (Lipinski definition) is 1. The Labute approximate surface area is 115 Å². The van der Waals surface area contributed by atoms with Gasteiger partial charge in [0.25, 0.3) is 0 Å².